The van der Waals surface area contributed by atoms with Crippen LogP contribution in [0.4, 0.5) is 10.5 Å². The summed E-state index contributed by atoms with van der Waals surface area (Å²) in [4.78, 5) is 12.0. The van der Waals surface area contributed by atoms with Gasteiger partial charge in [-0.3, -0.25) is 0 Å². The number of halogens is 4. The van der Waals surface area contributed by atoms with Crippen molar-refractivity contribution in [2.75, 3.05) is 5.32 Å². The molecule has 0 spiro atoms. The molecule has 0 aromatic heterocycles. The number of aryl methyl sites for hydroxylation is 1. The van der Waals surface area contributed by atoms with Crippen molar-refractivity contribution in [2.24, 2.45) is 5.10 Å². The summed E-state index contributed by atoms with van der Waals surface area (Å²) in [5.74, 6) is 0.666. The van der Waals surface area contributed by atoms with Crippen LogP contribution >= 0.6 is 55.1 Å². The number of carbonyl (C=O) groups is 1. The van der Waals surface area contributed by atoms with Crippen molar-refractivity contribution in [2.45, 2.75) is 13.5 Å². The maximum absolute atomic E-state index is 12.0. The molecule has 0 saturated carbocycles. The van der Waals surface area contributed by atoms with Crippen molar-refractivity contribution in [1.29, 1.82) is 0 Å². The Labute approximate surface area is 207 Å². The number of benzene rings is 3. The van der Waals surface area contributed by atoms with Gasteiger partial charge in [0.2, 0.25) is 0 Å². The molecule has 31 heavy (non-hydrogen) atoms. The average Bonchev–Trinajstić information content (AvgIpc) is 2.72. The second-order valence-corrected chi connectivity index (χ2v) is 9.04. The Morgan fingerprint density at radius 1 is 1.03 bits per heavy atom. The van der Waals surface area contributed by atoms with Crippen LogP contribution < -0.4 is 15.5 Å². The van der Waals surface area contributed by atoms with Crippen LogP contribution in [0.5, 0.6) is 5.75 Å². The van der Waals surface area contributed by atoms with Crippen LogP contribution in [0.15, 0.2) is 68.6 Å². The van der Waals surface area contributed by atoms with E-state index >= 15 is 0 Å². The van der Waals surface area contributed by atoms with Crippen molar-refractivity contribution in [3.05, 3.63) is 90.3 Å². The van der Waals surface area contributed by atoms with E-state index in [1.54, 1.807) is 24.4 Å². The number of hydrogen-bond donors (Lipinski definition) is 2. The summed E-state index contributed by atoms with van der Waals surface area (Å²) < 4.78 is 7.56. The number of amides is 2. The molecule has 0 unspecified atom stereocenters. The van der Waals surface area contributed by atoms with Crippen LogP contribution in [-0.2, 0) is 6.61 Å². The molecule has 3 aromatic rings. The quantitative estimate of drug-likeness (QED) is 0.232. The van der Waals surface area contributed by atoms with Gasteiger partial charge in [0.05, 0.1) is 20.7 Å². The summed E-state index contributed by atoms with van der Waals surface area (Å²) in [6.07, 6.45) is 1.54. The lowest BCUT2D eigenvalue weighted by Crippen LogP contribution is -2.24. The highest BCUT2D eigenvalue weighted by Gasteiger charge is 2.05. The molecule has 3 aromatic carbocycles. The van der Waals surface area contributed by atoms with Crippen molar-refractivity contribution in [3.63, 3.8) is 0 Å². The lowest BCUT2D eigenvalue weighted by atomic mass is 10.2. The zero-order valence-electron chi connectivity index (χ0n) is 16.3. The van der Waals surface area contributed by atoms with Crippen LogP contribution in [0.2, 0.25) is 10.0 Å². The van der Waals surface area contributed by atoms with Gasteiger partial charge in [0.1, 0.15) is 12.4 Å². The Kier molecular flexibility index (Phi) is 8.37. The van der Waals surface area contributed by atoms with Gasteiger partial charge in [0, 0.05) is 10.2 Å². The highest BCUT2D eigenvalue weighted by atomic mass is 79.9. The Morgan fingerprint density at radius 2 is 1.84 bits per heavy atom. The molecule has 0 aliphatic rings. The molecular weight excluding hydrogens is 569 g/mol. The third-order valence-corrected chi connectivity index (χ3v) is 6.38. The summed E-state index contributed by atoms with van der Waals surface area (Å²) in [6.45, 7) is 2.29. The van der Waals surface area contributed by atoms with E-state index in [-0.39, 0.29) is 0 Å². The number of urea groups is 1. The fourth-order valence-electron chi connectivity index (χ4n) is 2.55. The van der Waals surface area contributed by atoms with Gasteiger partial charge < -0.3 is 10.1 Å². The van der Waals surface area contributed by atoms with Gasteiger partial charge in [-0.15, -0.1) is 0 Å². The Balaban J connectivity index is 1.54. The van der Waals surface area contributed by atoms with Crippen LogP contribution in [0.3, 0.4) is 0 Å². The van der Waals surface area contributed by atoms with E-state index < -0.39 is 6.03 Å². The molecule has 160 valence electrons. The number of ether oxygens (including phenoxy) is 1. The molecule has 0 radical (unpaired) electrons. The maximum atomic E-state index is 12.0. The zero-order chi connectivity index (χ0) is 22.4. The smallest absolute Gasteiger partial charge is 0.339 e. The minimum atomic E-state index is -0.432. The van der Waals surface area contributed by atoms with E-state index in [0.29, 0.717) is 28.1 Å². The lowest BCUT2D eigenvalue weighted by molar-refractivity contribution is 0.252. The minimum Gasteiger partial charge on any atom is -0.488 e. The summed E-state index contributed by atoms with van der Waals surface area (Å²) in [5.41, 5.74) is 5.83. The van der Waals surface area contributed by atoms with Crippen LogP contribution in [0.1, 0.15) is 16.7 Å². The number of hydrogen-bond acceptors (Lipinski definition) is 3. The highest BCUT2D eigenvalue weighted by molar-refractivity contribution is 9.10. The first kappa shape index (κ1) is 23.6. The van der Waals surface area contributed by atoms with Crippen molar-refractivity contribution in [3.8, 4) is 5.75 Å². The molecular formula is C22H17Br2Cl2N3O2. The average molecular weight is 586 g/mol. The molecule has 9 heteroatoms. The third-order valence-electron chi connectivity index (χ3n) is 4.13. The second kappa shape index (κ2) is 11.0. The first-order valence-electron chi connectivity index (χ1n) is 9.04. The number of anilines is 1. The molecule has 0 aliphatic carbocycles. The first-order chi connectivity index (χ1) is 14.8. The van der Waals surface area contributed by atoms with Gasteiger partial charge in [0.15, 0.2) is 0 Å². The van der Waals surface area contributed by atoms with Gasteiger partial charge in [-0.25, -0.2) is 10.2 Å². The summed E-state index contributed by atoms with van der Waals surface area (Å²) in [7, 11) is 0. The molecule has 2 N–H and O–H groups in total. The third kappa shape index (κ3) is 6.97. The van der Waals surface area contributed by atoms with E-state index in [4.69, 9.17) is 27.9 Å². The standard InChI is InChI=1S/C22H17Br2Cl2N3O2/c1-13-8-16(4-5-17(13)23)28-22(30)29-27-11-14-3-7-21(18(24)9-14)31-12-15-2-6-19(25)20(26)10-15/h2-11H,12H2,1H3,(H2,28,29,30)/b27-11+. The van der Waals surface area contributed by atoms with Gasteiger partial charge >= 0.3 is 6.03 Å². The SMILES string of the molecule is Cc1cc(NC(=O)N/N=C/c2ccc(OCc3ccc(Cl)c(Cl)c3)c(Br)c2)ccc1Br. The topological polar surface area (TPSA) is 62.7 Å². The first-order valence-corrected chi connectivity index (χ1v) is 11.4. The lowest BCUT2D eigenvalue weighted by Gasteiger charge is -2.09. The number of nitrogens with one attached hydrogen (secondary N) is 2. The van der Waals surface area contributed by atoms with E-state index in [1.807, 2.05) is 43.3 Å². The summed E-state index contributed by atoms with van der Waals surface area (Å²) >= 11 is 18.9. The summed E-state index contributed by atoms with van der Waals surface area (Å²) in [6, 6.07) is 15.9. The van der Waals surface area contributed by atoms with Crippen molar-refractivity contribution < 1.29 is 9.53 Å². The zero-order valence-corrected chi connectivity index (χ0v) is 20.9. The summed E-state index contributed by atoms with van der Waals surface area (Å²) in [5, 5.41) is 7.69. The fraction of sp³-hybridized carbons (Fsp3) is 0.0909. The normalized spacial score (nSPS) is 10.9. The number of carbonyl (C=O) groups excluding carboxylic acids is 1. The molecule has 0 saturated heterocycles. The largest absolute Gasteiger partial charge is 0.488 e. The van der Waals surface area contributed by atoms with Crippen molar-refractivity contribution in [1.82, 2.24) is 5.43 Å². The molecule has 3 rings (SSSR count). The van der Waals surface area contributed by atoms with E-state index in [1.165, 1.54) is 0 Å². The van der Waals surface area contributed by atoms with Gasteiger partial charge in [0.25, 0.3) is 0 Å². The second-order valence-electron chi connectivity index (χ2n) is 6.52. The maximum Gasteiger partial charge on any atom is 0.339 e. The van der Waals surface area contributed by atoms with Crippen LogP contribution in [0.25, 0.3) is 0 Å². The van der Waals surface area contributed by atoms with Crippen molar-refractivity contribution >= 4 is 73.0 Å². The number of hydrazone groups is 1. The number of rotatable bonds is 6. The molecule has 0 heterocycles. The molecule has 5 nitrogen and oxygen atoms in total. The molecule has 0 fully saturated rings. The van der Waals surface area contributed by atoms with E-state index in [0.717, 1.165) is 25.6 Å². The number of nitrogens with zero attached hydrogens (tertiary/aromatic N) is 1. The molecule has 0 bridgehead atoms. The van der Waals surface area contributed by atoms with Gasteiger partial charge in [-0.1, -0.05) is 45.2 Å². The minimum absolute atomic E-state index is 0.347. The fourth-order valence-corrected chi connectivity index (χ4v) is 3.63. The van der Waals surface area contributed by atoms with Gasteiger partial charge in [-0.05, 0) is 88.1 Å². The highest BCUT2D eigenvalue weighted by Crippen LogP contribution is 2.28. The van der Waals surface area contributed by atoms with E-state index in [9.17, 15) is 4.79 Å². The van der Waals surface area contributed by atoms with E-state index in [2.05, 4.69) is 47.7 Å². The molecule has 0 atom stereocenters. The molecule has 2 amide bonds. The van der Waals surface area contributed by atoms with Gasteiger partial charge in [-0.2, -0.15) is 5.10 Å². The van der Waals surface area contributed by atoms with Crippen LogP contribution in [0, 0.1) is 6.92 Å². The monoisotopic (exact) mass is 583 g/mol. The Bertz CT molecular complexity index is 1140. The predicted molar refractivity (Wildman–Crippen MR) is 134 cm³/mol. The van der Waals surface area contributed by atoms with Crippen LogP contribution in [-0.4, -0.2) is 12.2 Å². The Morgan fingerprint density at radius 3 is 2.55 bits per heavy atom. The predicted octanol–water partition coefficient (Wildman–Crippen LogP) is 7.56. The molecule has 0 aliphatic heterocycles. The Hall–Kier alpha value is -2.06.